The topological polar surface area (TPSA) is 111 Å². The van der Waals surface area contributed by atoms with Crippen LogP contribution < -0.4 is 11.1 Å². The maximum atomic E-state index is 12.8. The van der Waals surface area contributed by atoms with Crippen molar-refractivity contribution in [1.29, 1.82) is 0 Å². The van der Waals surface area contributed by atoms with Gasteiger partial charge in [0.05, 0.1) is 16.3 Å². The van der Waals surface area contributed by atoms with Crippen LogP contribution in [-0.2, 0) is 4.79 Å². The third kappa shape index (κ3) is 3.21. The van der Waals surface area contributed by atoms with E-state index in [2.05, 4.69) is 5.32 Å². The molecule has 1 aliphatic heterocycles. The summed E-state index contributed by atoms with van der Waals surface area (Å²) in [4.78, 5) is 28.2. The summed E-state index contributed by atoms with van der Waals surface area (Å²) in [7, 11) is 0. The zero-order chi connectivity index (χ0) is 19.7. The van der Waals surface area contributed by atoms with Gasteiger partial charge in [-0.2, -0.15) is 0 Å². The number of nitro benzene ring substituents is 1. The van der Waals surface area contributed by atoms with Crippen molar-refractivity contribution < 1.29 is 9.72 Å². The standard InChI is InChI=1S/C21H16N4O3/c22-14-6-8-15(9-7-14)23-20(13-4-2-1-3-5-13)19-17-12-16(25(27)28)10-11-18(17)24-21(19)26/h1-12,19H,22H2,(H,24,26). The molecule has 3 N–H and O–H groups in total. The van der Waals surface area contributed by atoms with Crippen molar-refractivity contribution in [2.24, 2.45) is 4.99 Å². The van der Waals surface area contributed by atoms with E-state index in [4.69, 9.17) is 10.7 Å². The van der Waals surface area contributed by atoms with Crippen molar-refractivity contribution in [3.63, 3.8) is 0 Å². The lowest BCUT2D eigenvalue weighted by Crippen LogP contribution is -2.22. The van der Waals surface area contributed by atoms with Crippen LogP contribution in [0.2, 0.25) is 0 Å². The number of amides is 1. The molecule has 138 valence electrons. The van der Waals surface area contributed by atoms with Crippen molar-refractivity contribution in [2.75, 3.05) is 11.1 Å². The van der Waals surface area contributed by atoms with E-state index in [1.54, 1.807) is 30.3 Å². The number of nitrogens with two attached hydrogens (primary N) is 1. The normalized spacial score (nSPS) is 15.8. The molecule has 0 spiro atoms. The lowest BCUT2D eigenvalue weighted by molar-refractivity contribution is -0.384. The van der Waals surface area contributed by atoms with Crippen molar-refractivity contribution >= 4 is 34.4 Å². The summed E-state index contributed by atoms with van der Waals surface area (Å²) >= 11 is 0. The summed E-state index contributed by atoms with van der Waals surface area (Å²) < 4.78 is 0. The molecule has 1 heterocycles. The number of nitrogen functional groups attached to an aromatic ring is 1. The van der Waals surface area contributed by atoms with E-state index in [0.717, 1.165) is 5.56 Å². The van der Waals surface area contributed by atoms with Crippen LogP contribution in [0.15, 0.2) is 77.8 Å². The Morgan fingerprint density at radius 3 is 2.43 bits per heavy atom. The number of carbonyl (C=O) groups excluding carboxylic acids is 1. The Hall–Kier alpha value is -4.00. The van der Waals surface area contributed by atoms with E-state index < -0.39 is 10.8 Å². The molecule has 0 fully saturated rings. The Morgan fingerprint density at radius 2 is 1.75 bits per heavy atom. The van der Waals surface area contributed by atoms with Crippen LogP contribution in [0.4, 0.5) is 22.7 Å². The zero-order valence-corrected chi connectivity index (χ0v) is 14.7. The highest BCUT2D eigenvalue weighted by molar-refractivity contribution is 6.24. The Kier molecular flexibility index (Phi) is 4.33. The van der Waals surface area contributed by atoms with E-state index in [-0.39, 0.29) is 11.6 Å². The van der Waals surface area contributed by atoms with Crippen molar-refractivity contribution in [1.82, 2.24) is 0 Å². The molecule has 1 aliphatic rings. The number of nitrogens with one attached hydrogen (secondary N) is 1. The monoisotopic (exact) mass is 372 g/mol. The predicted octanol–water partition coefficient (Wildman–Crippen LogP) is 4.03. The maximum Gasteiger partial charge on any atom is 0.269 e. The number of non-ortho nitro benzene ring substituents is 1. The molecule has 1 amide bonds. The van der Waals surface area contributed by atoms with Gasteiger partial charge in [-0.05, 0) is 35.9 Å². The van der Waals surface area contributed by atoms with Crippen LogP contribution in [-0.4, -0.2) is 16.5 Å². The summed E-state index contributed by atoms with van der Waals surface area (Å²) in [5, 5.41) is 14.0. The molecule has 3 aromatic carbocycles. The highest BCUT2D eigenvalue weighted by atomic mass is 16.6. The van der Waals surface area contributed by atoms with Crippen LogP contribution in [0.5, 0.6) is 0 Å². The van der Waals surface area contributed by atoms with E-state index in [1.807, 2.05) is 30.3 Å². The fourth-order valence-corrected chi connectivity index (χ4v) is 3.23. The average Bonchev–Trinajstić information content (AvgIpc) is 3.03. The van der Waals surface area contributed by atoms with Gasteiger partial charge in [-0.3, -0.25) is 19.9 Å². The minimum Gasteiger partial charge on any atom is -0.399 e. The van der Waals surface area contributed by atoms with Crippen LogP contribution in [0.1, 0.15) is 17.0 Å². The molecule has 0 saturated heterocycles. The fraction of sp³-hybridized carbons (Fsp3) is 0.0476. The quantitative estimate of drug-likeness (QED) is 0.312. The molecule has 0 bridgehead atoms. The molecule has 3 aromatic rings. The molecule has 0 radical (unpaired) electrons. The lowest BCUT2D eigenvalue weighted by atomic mass is 9.90. The Labute approximate surface area is 160 Å². The first kappa shape index (κ1) is 17.4. The number of nitrogens with zero attached hydrogens (tertiary/aromatic N) is 2. The second-order valence-corrected chi connectivity index (χ2v) is 6.41. The van der Waals surface area contributed by atoms with Gasteiger partial charge in [0.15, 0.2) is 0 Å². The Bertz CT molecular complexity index is 1090. The molecule has 0 aromatic heterocycles. The first-order valence-corrected chi connectivity index (χ1v) is 8.61. The number of fused-ring (bicyclic) bond motifs is 1. The molecule has 4 rings (SSSR count). The van der Waals surface area contributed by atoms with Crippen LogP contribution >= 0.6 is 0 Å². The van der Waals surface area contributed by atoms with Gasteiger partial charge in [0, 0.05) is 29.1 Å². The number of carbonyl (C=O) groups is 1. The molecule has 0 aliphatic carbocycles. The average molecular weight is 372 g/mol. The Balaban J connectivity index is 1.88. The van der Waals surface area contributed by atoms with Crippen LogP contribution in [0.25, 0.3) is 0 Å². The van der Waals surface area contributed by atoms with Crippen molar-refractivity contribution in [2.45, 2.75) is 5.92 Å². The van der Waals surface area contributed by atoms with Crippen LogP contribution in [0.3, 0.4) is 0 Å². The summed E-state index contributed by atoms with van der Waals surface area (Å²) in [6.07, 6.45) is 0. The molecule has 7 nitrogen and oxygen atoms in total. The van der Waals surface area contributed by atoms with Gasteiger partial charge in [-0.25, -0.2) is 0 Å². The number of aliphatic imine (C=N–C) groups is 1. The van der Waals surface area contributed by atoms with Gasteiger partial charge >= 0.3 is 0 Å². The van der Waals surface area contributed by atoms with E-state index >= 15 is 0 Å². The molecule has 7 heteroatoms. The molecular formula is C21H16N4O3. The number of benzene rings is 3. The largest absolute Gasteiger partial charge is 0.399 e. The maximum absolute atomic E-state index is 12.8. The minimum absolute atomic E-state index is 0.0693. The van der Waals surface area contributed by atoms with Gasteiger partial charge in [0.25, 0.3) is 5.69 Å². The van der Waals surface area contributed by atoms with E-state index in [1.165, 1.54) is 12.1 Å². The van der Waals surface area contributed by atoms with Gasteiger partial charge in [-0.15, -0.1) is 0 Å². The summed E-state index contributed by atoms with van der Waals surface area (Å²) in [6, 6.07) is 20.7. The summed E-state index contributed by atoms with van der Waals surface area (Å²) in [6.45, 7) is 0. The van der Waals surface area contributed by atoms with Gasteiger partial charge in [-0.1, -0.05) is 30.3 Å². The zero-order valence-electron chi connectivity index (χ0n) is 14.7. The number of rotatable bonds is 4. The van der Waals surface area contributed by atoms with E-state index in [0.29, 0.717) is 28.3 Å². The lowest BCUT2D eigenvalue weighted by Gasteiger charge is -2.14. The first-order valence-electron chi connectivity index (χ1n) is 8.61. The molecule has 1 unspecified atom stereocenters. The SMILES string of the molecule is Nc1ccc(N=C(c2ccccc2)C2C(=O)Nc3ccc([N+](=O)[O-])cc32)cc1. The second-order valence-electron chi connectivity index (χ2n) is 6.41. The molecule has 28 heavy (non-hydrogen) atoms. The van der Waals surface area contributed by atoms with Gasteiger partial charge < -0.3 is 11.1 Å². The van der Waals surface area contributed by atoms with Gasteiger partial charge in [0.1, 0.15) is 5.92 Å². The number of hydrogen-bond acceptors (Lipinski definition) is 5. The number of hydrogen-bond donors (Lipinski definition) is 2. The number of anilines is 2. The van der Waals surface area contributed by atoms with Crippen molar-refractivity contribution in [3.05, 3.63) is 94.0 Å². The highest BCUT2D eigenvalue weighted by Crippen LogP contribution is 2.38. The third-order valence-electron chi connectivity index (χ3n) is 4.56. The molecular weight excluding hydrogens is 356 g/mol. The fourth-order valence-electron chi connectivity index (χ4n) is 3.23. The van der Waals surface area contributed by atoms with Crippen LogP contribution in [0, 0.1) is 10.1 Å². The predicted molar refractivity (Wildman–Crippen MR) is 108 cm³/mol. The number of nitro groups is 1. The Morgan fingerprint density at radius 1 is 1.04 bits per heavy atom. The second kappa shape index (κ2) is 6.96. The van der Waals surface area contributed by atoms with E-state index in [9.17, 15) is 14.9 Å². The first-order chi connectivity index (χ1) is 13.5. The molecule has 1 atom stereocenters. The van der Waals surface area contributed by atoms with Crippen molar-refractivity contribution in [3.8, 4) is 0 Å². The third-order valence-corrected chi connectivity index (χ3v) is 4.56. The summed E-state index contributed by atoms with van der Waals surface area (Å²) in [5.74, 6) is -1.02. The van der Waals surface area contributed by atoms with Gasteiger partial charge in [0.2, 0.25) is 5.91 Å². The molecule has 0 saturated carbocycles. The minimum atomic E-state index is -0.755. The summed E-state index contributed by atoms with van der Waals surface area (Å²) in [5.41, 5.74) is 9.30. The highest BCUT2D eigenvalue weighted by Gasteiger charge is 2.36. The smallest absolute Gasteiger partial charge is 0.269 e.